The van der Waals surface area contributed by atoms with Gasteiger partial charge in [0.15, 0.2) is 5.65 Å². The van der Waals surface area contributed by atoms with Crippen LogP contribution in [0.5, 0.6) is 0 Å². The predicted molar refractivity (Wildman–Crippen MR) is 116 cm³/mol. The van der Waals surface area contributed by atoms with E-state index in [0.29, 0.717) is 12.6 Å². The minimum atomic E-state index is 0.0800. The van der Waals surface area contributed by atoms with E-state index in [1.165, 1.54) is 12.8 Å². The molecule has 0 aliphatic heterocycles. The summed E-state index contributed by atoms with van der Waals surface area (Å²) >= 11 is 0. The zero-order chi connectivity index (χ0) is 20.2. The van der Waals surface area contributed by atoms with Crippen molar-refractivity contribution < 1.29 is 4.79 Å². The number of hydrogen-bond acceptors (Lipinski definition) is 3. The number of fused-ring (bicyclic) bond motifs is 1. The van der Waals surface area contributed by atoms with Gasteiger partial charge in [-0.15, -0.1) is 0 Å². The highest BCUT2D eigenvalue weighted by Crippen LogP contribution is 2.33. The van der Waals surface area contributed by atoms with Crippen LogP contribution in [-0.4, -0.2) is 31.9 Å². The maximum absolute atomic E-state index is 13.3. The fraction of sp³-hybridized carbons (Fsp3) is 0.458. The molecule has 1 saturated carbocycles. The number of benzene rings is 1. The second-order valence-corrected chi connectivity index (χ2v) is 8.13. The number of imidazole rings is 1. The Morgan fingerprint density at radius 3 is 2.66 bits per heavy atom. The summed E-state index contributed by atoms with van der Waals surface area (Å²) in [4.78, 5) is 24.8. The van der Waals surface area contributed by atoms with Crippen LogP contribution in [0.25, 0.3) is 11.2 Å². The van der Waals surface area contributed by atoms with Gasteiger partial charge in [-0.1, -0.05) is 43.9 Å². The number of aromatic nitrogens is 3. The van der Waals surface area contributed by atoms with Crippen molar-refractivity contribution >= 4 is 17.1 Å². The van der Waals surface area contributed by atoms with E-state index in [4.69, 9.17) is 4.98 Å². The maximum atomic E-state index is 13.3. The minimum Gasteiger partial charge on any atom is -0.331 e. The summed E-state index contributed by atoms with van der Waals surface area (Å²) in [6.07, 6.45) is 8.70. The summed E-state index contributed by atoms with van der Waals surface area (Å²) in [7, 11) is 0. The molecule has 5 heteroatoms. The van der Waals surface area contributed by atoms with Crippen molar-refractivity contribution in [2.24, 2.45) is 0 Å². The molecule has 1 aliphatic carbocycles. The molecule has 1 fully saturated rings. The summed E-state index contributed by atoms with van der Waals surface area (Å²) < 4.78 is 2.31. The SMILES string of the molecule is CCCCN(Cc1nc2cccnc2n1C1CCCC1)C(=O)c1ccc(C)cc1. The average molecular weight is 391 g/mol. The summed E-state index contributed by atoms with van der Waals surface area (Å²) in [6, 6.07) is 12.3. The van der Waals surface area contributed by atoms with Gasteiger partial charge in [-0.05, 0) is 50.5 Å². The average Bonchev–Trinajstić information content (AvgIpc) is 3.38. The Morgan fingerprint density at radius 2 is 1.93 bits per heavy atom. The first-order valence-electron chi connectivity index (χ1n) is 10.8. The Kier molecular flexibility index (Phi) is 5.93. The quantitative estimate of drug-likeness (QED) is 0.550. The Hall–Kier alpha value is -2.69. The van der Waals surface area contributed by atoms with Crippen LogP contribution in [0.15, 0.2) is 42.6 Å². The number of carbonyl (C=O) groups excluding carboxylic acids is 1. The minimum absolute atomic E-state index is 0.0800. The third-order valence-corrected chi connectivity index (χ3v) is 5.91. The molecule has 0 radical (unpaired) electrons. The van der Waals surface area contributed by atoms with Crippen LogP contribution in [0, 0.1) is 6.92 Å². The third-order valence-electron chi connectivity index (χ3n) is 5.91. The Labute approximate surface area is 172 Å². The molecule has 0 N–H and O–H groups in total. The number of unbranched alkanes of at least 4 members (excludes halogenated alkanes) is 1. The number of hydrogen-bond donors (Lipinski definition) is 0. The molecule has 29 heavy (non-hydrogen) atoms. The van der Waals surface area contributed by atoms with Gasteiger partial charge < -0.3 is 9.47 Å². The normalized spacial score (nSPS) is 14.6. The largest absolute Gasteiger partial charge is 0.331 e. The van der Waals surface area contributed by atoms with Crippen molar-refractivity contribution in [2.75, 3.05) is 6.54 Å². The highest BCUT2D eigenvalue weighted by Gasteiger charge is 2.25. The molecule has 0 atom stereocenters. The van der Waals surface area contributed by atoms with Crippen molar-refractivity contribution in [3.05, 3.63) is 59.5 Å². The van der Waals surface area contributed by atoms with Gasteiger partial charge >= 0.3 is 0 Å². The molecule has 3 aromatic rings. The van der Waals surface area contributed by atoms with Crippen LogP contribution in [0.4, 0.5) is 0 Å². The lowest BCUT2D eigenvalue weighted by Gasteiger charge is -2.24. The van der Waals surface area contributed by atoms with E-state index >= 15 is 0 Å². The summed E-state index contributed by atoms with van der Waals surface area (Å²) in [5.41, 5.74) is 3.78. The van der Waals surface area contributed by atoms with Crippen molar-refractivity contribution in [3.63, 3.8) is 0 Å². The van der Waals surface area contributed by atoms with Gasteiger partial charge in [-0.25, -0.2) is 9.97 Å². The Morgan fingerprint density at radius 1 is 1.17 bits per heavy atom. The van der Waals surface area contributed by atoms with Gasteiger partial charge in [0.2, 0.25) is 0 Å². The number of nitrogens with zero attached hydrogens (tertiary/aromatic N) is 4. The van der Waals surface area contributed by atoms with E-state index in [0.717, 1.165) is 60.3 Å². The first kappa shape index (κ1) is 19.6. The fourth-order valence-electron chi connectivity index (χ4n) is 4.28. The van der Waals surface area contributed by atoms with Gasteiger partial charge in [0.05, 0.1) is 6.54 Å². The molecule has 1 amide bonds. The molecule has 0 unspecified atom stereocenters. The molecule has 2 heterocycles. The maximum Gasteiger partial charge on any atom is 0.254 e. The third kappa shape index (κ3) is 4.19. The molecule has 1 aliphatic rings. The summed E-state index contributed by atoms with van der Waals surface area (Å²) in [6.45, 7) is 5.47. The lowest BCUT2D eigenvalue weighted by atomic mass is 10.1. The van der Waals surface area contributed by atoms with Crippen molar-refractivity contribution in [1.29, 1.82) is 0 Å². The number of pyridine rings is 1. The summed E-state index contributed by atoms with van der Waals surface area (Å²) in [5, 5.41) is 0. The van der Waals surface area contributed by atoms with Crippen molar-refractivity contribution in [1.82, 2.24) is 19.4 Å². The van der Waals surface area contributed by atoms with E-state index < -0.39 is 0 Å². The smallest absolute Gasteiger partial charge is 0.254 e. The van der Waals surface area contributed by atoms with Gasteiger partial charge in [-0.2, -0.15) is 0 Å². The molecule has 2 aromatic heterocycles. The van der Waals surface area contributed by atoms with Crippen molar-refractivity contribution in [3.8, 4) is 0 Å². The van der Waals surface area contributed by atoms with E-state index in [-0.39, 0.29) is 5.91 Å². The topological polar surface area (TPSA) is 51.0 Å². The van der Waals surface area contributed by atoms with Gasteiger partial charge in [-0.3, -0.25) is 4.79 Å². The Bertz CT molecular complexity index is 970. The molecule has 1 aromatic carbocycles. The second-order valence-electron chi connectivity index (χ2n) is 8.13. The van der Waals surface area contributed by atoms with Gasteiger partial charge in [0.25, 0.3) is 5.91 Å². The molecule has 0 saturated heterocycles. The molecule has 0 bridgehead atoms. The van der Waals surface area contributed by atoms with Crippen LogP contribution in [0.2, 0.25) is 0 Å². The van der Waals surface area contributed by atoms with E-state index in [1.807, 2.05) is 54.4 Å². The molecule has 5 nitrogen and oxygen atoms in total. The number of carbonyl (C=O) groups is 1. The van der Waals surface area contributed by atoms with Crippen LogP contribution < -0.4 is 0 Å². The zero-order valence-corrected chi connectivity index (χ0v) is 17.5. The Balaban J connectivity index is 1.68. The number of rotatable bonds is 7. The fourth-order valence-corrected chi connectivity index (χ4v) is 4.28. The molecular weight excluding hydrogens is 360 g/mol. The number of aryl methyl sites for hydroxylation is 1. The van der Waals surface area contributed by atoms with Crippen LogP contribution in [0.3, 0.4) is 0 Å². The predicted octanol–water partition coefficient (Wildman–Crippen LogP) is 5.30. The van der Waals surface area contributed by atoms with Crippen LogP contribution in [-0.2, 0) is 6.54 Å². The zero-order valence-electron chi connectivity index (χ0n) is 17.5. The molecule has 4 rings (SSSR count). The van der Waals surface area contributed by atoms with Gasteiger partial charge in [0, 0.05) is 24.3 Å². The lowest BCUT2D eigenvalue weighted by Crippen LogP contribution is -2.33. The highest BCUT2D eigenvalue weighted by atomic mass is 16.2. The van der Waals surface area contributed by atoms with Crippen molar-refractivity contribution in [2.45, 2.75) is 65.0 Å². The van der Waals surface area contributed by atoms with Crippen LogP contribution >= 0.6 is 0 Å². The highest BCUT2D eigenvalue weighted by molar-refractivity contribution is 5.94. The first-order chi connectivity index (χ1) is 14.2. The lowest BCUT2D eigenvalue weighted by molar-refractivity contribution is 0.0734. The molecular formula is C24H30N4O. The van der Waals surface area contributed by atoms with E-state index in [9.17, 15) is 4.79 Å². The first-order valence-corrected chi connectivity index (χ1v) is 10.8. The van der Waals surface area contributed by atoms with E-state index in [1.54, 1.807) is 0 Å². The molecule has 152 valence electrons. The standard InChI is InChI=1S/C24H30N4O/c1-3-4-16-27(24(29)19-13-11-18(2)12-14-19)17-22-26-21-10-7-15-25-23(21)28(22)20-8-5-6-9-20/h7,10-15,20H,3-6,8-9,16-17H2,1-2H3. The number of amides is 1. The second kappa shape index (κ2) is 8.76. The molecule has 0 spiro atoms. The van der Waals surface area contributed by atoms with Gasteiger partial charge in [0.1, 0.15) is 11.3 Å². The summed E-state index contributed by atoms with van der Waals surface area (Å²) in [5.74, 6) is 1.04. The monoisotopic (exact) mass is 390 g/mol. The van der Waals surface area contributed by atoms with Crippen LogP contribution in [0.1, 0.15) is 73.2 Å². The van der Waals surface area contributed by atoms with E-state index in [2.05, 4.69) is 16.5 Å².